The zero-order valence-electron chi connectivity index (χ0n) is 11.4. The summed E-state index contributed by atoms with van der Waals surface area (Å²) >= 11 is 5.02. The van der Waals surface area contributed by atoms with Crippen molar-refractivity contribution in [2.75, 3.05) is 6.61 Å². The molecule has 0 spiro atoms. The van der Waals surface area contributed by atoms with E-state index in [9.17, 15) is 0 Å². The van der Waals surface area contributed by atoms with Crippen molar-refractivity contribution in [3.05, 3.63) is 29.3 Å². The van der Waals surface area contributed by atoms with Crippen LogP contribution in [0.2, 0.25) is 0 Å². The first-order chi connectivity index (χ1) is 9.13. The normalized spacial score (nSPS) is 28.6. The molecule has 2 fully saturated rings. The summed E-state index contributed by atoms with van der Waals surface area (Å²) in [7, 11) is 0. The molecule has 0 amide bonds. The van der Waals surface area contributed by atoms with Gasteiger partial charge < -0.3 is 10.5 Å². The second kappa shape index (κ2) is 5.12. The summed E-state index contributed by atoms with van der Waals surface area (Å²) in [4.78, 5) is 0.435. The molecule has 102 valence electrons. The highest BCUT2D eigenvalue weighted by Crippen LogP contribution is 2.48. The Hall–Kier alpha value is -1.09. The Morgan fingerprint density at radius 2 is 2.21 bits per heavy atom. The lowest BCUT2D eigenvalue weighted by molar-refractivity contribution is 0.194. The summed E-state index contributed by atoms with van der Waals surface area (Å²) < 4.78 is 6.05. The van der Waals surface area contributed by atoms with Crippen LogP contribution in [0.25, 0.3) is 0 Å². The molecule has 0 aromatic heterocycles. The molecule has 0 aliphatic heterocycles. The van der Waals surface area contributed by atoms with Crippen LogP contribution >= 0.6 is 12.2 Å². The predicted molar refractivity (Wildman–Crippen MR) is 81.5 cm³/mol. The van der Waals surface area contributed by atoms with Gasteiger partial charge in [0.25, 0.3) is 0 Å². The minimum atomic E-state index is 0.435. The maximum Gasteiger partial charge on any atom is 0.122 e. The monoisotopic (exact) mass is 275 g/mol. The number of thiocarbonyl (C=S) groups is 1. The summed E-state index contributed by atoms with van der Waals surface area (Å²) in [6.07, 6.45) is 5.64. The van der Waals surface area contributed by atoms with Gasteiger partial charge in [-0.2, -0.15) is 0 Å². The van der Waals surface area contributed by atoms with Crippen LogP contribution in [0, 0.1) is 24.7 Å². The molecule has 0 heterocycles. The van der Waals surface area contributed by atoms with Crippen molar-refractivity contribution in [3.8, 4) is 5.75 Å². The van der Waals surface area contributed by atoms with E-state index in [0.717, 1.165) is 41.2 Å². The molecule has 3 unspecified atom stereocenters. The predicted octanol–water partition coefficient (Wildman–Crippen LogP) is 3.44. The Morgan fingerprint density at radius 3 is 2.84 bits per heavy atom. The molecule has 2 aliphatic rings. The first kappa shape index (κ1) is 12.9. The molecule has 0 radical (unpaired) electrons. The zero-order valence-corrected chi connectivity index (χ0v) is 12.2. The lowest BCUT2D eigenvalue weighted by Crippen LogP contribution is -2.19. The van der Waals surface area contributed by atoms with E-state index in [2.05, 4.69) is 6.92 Å². The highest BCUT2D eigenvalue weighted by atomic mass is 32.1. The van der Waals surface area contributed by atoms with Crippen LogP contribution in [-0.4, -0.2) is 11.6 Å². The van der Waals surface area contributed by atoms with Gasteiger partial charge in [-0.3, -0.25) is 0 Å². The lowest BCUT2D eigenvalue weighted by atomic mass is 9.89. The van der Waals surface area contributed by atoms with Gasteiger partial charge in [0.15, 0.2) is 0 Å². The molecule has 3 rings (SSSR count). The third kappa shape index (κ3) is 2.62. The maximum atomic E-state index is 6.05. The highest BCUT2D eigenvalue weighted by Gasteiger charge is 2.39. The van der Waals surface area contributed by atoms with Gasteiger partial charge in [-0.1, -0.05) is 30.8 Å². The molecule has 2 bridgehead atoms. The van der Waals surface area contributed by atoms with Gasteiger partial charge in [0, 0.05) is 5.56 Å². The van der Waals surface area contributed by atoms with Crippen LogP contribution in [-0.2, 0) is 0 Å². The van der Waals surface area contributed by atoms with Gasteiger partial charge in [-0.25, -0.2) is 0 Å². The van der Waals surface area contributed by atoms with E-state index >= 15 is 0 Å². The number of rotatable bonds is 4. The van der Waals surface area contributed by atoms with Crippen LogP contribution in [0.15, 0.2) is 18.2 Å². The largest absolute Gasteiger partial charge is 0.493 e. The summed E-state index contributed by atoms with van der Waals surface area (Å²) in [5.41, 5.74) is 7.72. The molecule has 2 N–H and O–H groups in total. The molecule has 2 saturated carbocycles. The summed E-state index contributed by atoms with van der Waals surface area (Å²) in [5, 5.41) is 0. The van der Waals surface area contributed by atoms with Crippen LogP contribution in [0.5, 0.6) is 5.75 Å². The quantitative estimate of drug-likeness (QED) is 0.855. The molecule has 3 atom stereocenters. The van der Waals surface area contributed by atoms with Crippen molar-refractivity contribution in [1.29, 1.82) is 0 Å². The Labute approximate surface area is 120 Å². The van der Waals surface area contributed by atoms with E-state index in [0.29, 0.717) is 4.99 Å². The fraction of sp³-hybridized carbons (Fsp3) is 0.562. The number of fused-ring (bicyclic) bond motifs is 2. The van der Waals surface area contributed by atoms with Crippen molar-refractivity contribution in [3.63, 3.8) is 0 Å². The average Bonchev–Trinajstić information content (AvgIpc) is 2.99. The Balaban J connectivity index is 1.66. The van der Waals surface area contributed by atoms with E-state index in [-0.39, 0.29) is 0 Å². The number of benzene rings is 1. The molecular formula is C16H21NOS. The van der Waals surface area contributed by atoms with Gasteiger partial charge in [-0.05, 0) is 55.6 Å². The lowest BCUT2D eigenvalue weighted by Gasteiger charge is -2.22. The Bertz CT molecular complexity index is 500. The number of hydrogen-bond acceptors (Lipinski definition) is 2. The molecule has 1 aromatic carbocycles. The third-order valence-electron chi connectivity index (χ3n) is 4.81. The van der Waals surface area contributed by atoms with Crippen molar-refractivity contribution in [2.45, 2.75) is 32.6 Å². The van der Waals surface area contributed by atoms with Crippen molar-refractivity contribution >= 4 is 17.2 Å². The van der Waals surface area contributed by atoms with E-state index < -0.39 is 0 Å². The van der Waals surface area contributed by atoms with Gasteiger partial charge in [0.05, 0.1) is 6.61 Å². The Kier molecular flexibility index (Phi) is 3.48. The van der Waals surface area contributed by atoms with Gasteiger partial charge in [-0.15, -0.1) is 0 Å². The molecule has 19 heavy (non-hydrogen) atoms. The summed E-state index contributed by atoms with van der Waals surface area (Å²) in [5.74, 6) is 3.58. The number of aryl methyl sites for hydroxylation is 1. The number of nitrogens with two attached hydrogens (primary N) is 1. The second-order valence-electron chi connectivity index (χ2n) is 6.09. The van der Waals surface area contributed by atoms with Crippen molar-refractivity contribution < 1.29 is 4.74 Å². The topological polar surface area (TPSA) is 35.2 Å². The standard InChI is InChI=1S/C16H21NOS/c1-10-2-4-13(16(17)19)8-15(10)18-9-14-7-11-3-5-12(14)6-11/h2,4,8,11-12,14H,3,5-7,9H2,1H3,(H2,17,19). The van der Waals surface area contributed by atoms with Gasteiger partial charge in [0.1, 0.15) is 10.7 Å². The third-order valence-corrected chi connectivity index (χ3v) is 5.05. The van der Waals surface area contributed by atoms with Gasteiger partial charge >= 0.3 is 0 Å². The highest BCUT2D eigenvalue weighted by molar-refractivity contribution is 7.80. The summed E-state index contributed by atoms with van der Waals surface area (Å²) in [6, 6.07) is 5.97. The number of hydrogen-bond donors (Lipinski definition) is 1. The molecule has 2 aliphatic carbocycles. The second-order valence-corrected chi connectivity index (χ2v) is 6.53. The van der Waals surface area contributed by atoms with E-state index in [1.807, 2.05) is 18.2 Å². The summed E-state index contributed by atoms with van der Waals surface area (Å²) in [6.45, 7) is 2.92. The smallest absolute Gasteiger partial charge is 0.122 e. The van der Waals surface area contributed by atoms with Crippen LogP contribution < -0.4 is 10.5 Å². The molecule has 0 saturated heterocycles. The molecule has 3 heteroatoms. The number of ether oxygens (including phenoxy) is 1. The Morgan fingerprint density at radius 1 is 1.37 bits per heavy atom. The minimum Gasteiger partial charge on any atom is -0.493 e. The SMILES string of the molecule is Cc1ccc(C(N)=S)cc1OCC1CC2CCC1C2. The molecule has 1 aromatic rings. The van der Waals surface area contributed by atoms with E-state index in [1.54, 1.807) is 0 Å². The zero-order chi connectivity index (χ0) is 13.4. The van der Waals surface area contributed by atoms with Crippen LogP contribution in [0.3, 0.4) is 0 Å². The first-order valence-corrected chi connectivity index (χ1v) is 7.57. The fourth-order valence-electron chi connectivity index (χ4n) is 3.69. The first-order valence-electron chi connectivity index (χ1n) is 7.16. The van der Waals surface area contributed by atoms with E-state index in [1.165, 1.54) is 25.7 Å². The van der Waals surface area contributed by atoms with Gasteiger partial charge in [0.2, 0.25) is 0 Å². The van der Waals surface area contributed by atoms with Crippen LogP contribution in [0.4, 0.5) is 0 Å². The fourth-order valence-corrected chi connectivity index (χ4v) is 3.81. The van der Waals surface area contributed by atoms with E-state index in [4.69, 9.17) is 22.7 Å². The maximum absolute atomic E-state index is 6.05. The van der Waals surface area contributed by atoms with Crippen molar-refractivity contribution in [1.82, 2.24) is 0 Å². The molecular weight excluding hydrogens is 254 g/mol. The van der Waals surface area contributed by atoms with Crippen molar-refractivity contribution in [2.24, 2.45) is 23.5 Å². The molecule has 2 nitrogen and oxygen atoms in total. The van der Waals surface area contributed by atoms with Crippen LogP contribution in [0.1, 0.15) is 36.8 Å². The minimum absolute atomic E-state index is 0.435. The average molecular weight is 275 g/mol.